The molecule has 0 aromatic heterocycles. The number of unbranched alkanes of at least 4 members (excludes halogenated alkanes) is 1. The van der Waals surface area contributed by atoms with Crippen molar-refractivity contribution in [1.29, 1.82) is 0 Å². The molecule has 2 N–H and O–H groups in total. The maximum atomic E-state index is 5.88. The van der Waals surface area contributed by atoms with Crippen LogP contribution in [0.1, 0.15) is 50.0 Å². The molecule has 0 bridgehead atoms. The summed E-state index contributed by atoms with van der Waals surface area (Å²) in [5, 5.41) is 0. The molecule has 0 aliphatic carbocycles. The Kier molecular flexibility index (Phi) is 5.69. The van der Waals surface area contributed by atoms with E-state index in [1.165, 1.54) is 44.1 Å². The number of benzene rings is 1. The van der Waals surface area contributed by atoms with Crippen LogP contribution in [0.5, 0.6) is 0 Å². The van der Waals surface area contributed by atoms with E-state index >= 15 is 0 Å². The SMILES string of the molecule is NCC(CCCCC1CCCO1)c1ccccc1. The molecule has 1 aromatic rings. The van der Waals surface area contributed by atoms with E-state index in [2.05, 4.69) is 30.3 Å². The Bertz CT molecular complexity index is 319. The first-order valence-electron chi connectivity index (χ1n) is 7.26. The van der Waals surface area contributed by atoms with Crippen molar-refractivity contribution in [2.24, 2.45) is 5.73 Å². The molecule has 2 rings (SSSR count). The third kappa shape index (κ3) is 4.11. The lowest BCUT2D eigenvalue weighted by Crippen LogP contribution is -2.12. The van der Waals surface area contributed by atoms with Crippen molar-refractivity contribution in [3.05, 3.63) is 35.9 Å². The molecule has 0 spiro atoms. The van der Waals surface area contributed by atoms with Gasteiger partial charge in [0.1, 0.15) is 0 Å². The van der Waals surface area contributed by atoms with Crippen molar-refractivity contribution in [2.45, 2.75) is 50.5 Å². The van der Waals surface area contributed by atoms with Crippen LogP contribution in [0.15, 0.2) is 30.3 Å². The van der Waals surface area contributed by atoms with Gasteiger partial charge in [-0.15, -0.1) is 0 Å². The lowest BCUT2D eigenvalue weighted by Gasteiger charge is -2.15. The third-order valence-electron chi connectivity index (χ3n) is 3.91. The summed E-state index contributed by atoms with van der Waals surface area (Å²) in [6.07, 6.45) is 8.02. The van der Waals surface area contributed by atoms with Gasteiger partial charge < -0.3 is 10.5 Å². The zero-order valence-corrected chi connectivity index (χ0v) is 11.2. The Labute approximate surface area is 111 Å². The molecule has 2 atom stereocenters. The fraction of sp³-hybridized carbons (Fsp3) is 0.625. The molecular weight excluding hydrogens is 222 g/mol. The molecular formula is C16H25NO. The zero-order chi connectivity index (χ0) is 12.6. The molecule has 2 heteroatoms. The van der Waals surface area contributed by atoms with Crippen LogP contribution in [-0.2, 0) is 4.74 Å². The smallest absolute Gasteiger partial charge is 0.0576 e. The Morgan fingerprint density at radius 2 is 2.06 bits per heavy atom. The van der Waals surface area contributed by atoms with E-state index in [1.54, 1.807) is 0 Å². The monoisotopic (exact) mass is 247 g/mol. The highest BCUT2D eigenvalue weighted by atomic mass is 16.5. The van der Waals surface area contributed by atoms with Gasteiger partial charge in [0.25, 0.3) is 0 Å². The highest BCUT2D eigenvalue weighted by Gasteiger charge is 2.15. The van der Waals surface area contributed by atoms with Gasteiger partial charge in [0.2, 0.25) is 0 Å². The third-order valence-corrected chi connectivity index (χ3v) is 3.91. The Morgan fingerprint density at radius 1 is 1.22 bits per heavy atom. The predicted octanol–water partition coefficient (Wildman–Crippen LogP) is 3.47. The number of nitrogens with two attached hydrogens (primary N) is 1. The lowest BCUT2D eigenvalue weighted by molar-refractivity contribution is 0.102. The Balaban J connectivity index is 1.67. The van der Waals surface area contributed by atoms with E-state index in [9.17, 15) is 0 Å². The van der Waals surface area contributed by atoms with Crippen LogP contribution in [0.4, 0.5) is 0 Å². The highest BCUT2D eigenvalue weighted by molar-refractivity contribution is 5.19. The maximum absolute atomic E-state index is 5.88. The van der Waals surface area contributed by atoms with Gasteiger partial charge in [-0.25, -0.2) is 0 Å². The molecule has 1 aliphatic rings. The molecule has 1 aliphatic heterocycles. The van der Waals surface area contributed by atoms with Crippen LogP contribution in [0.2, 0.25) is 0 Å². The Hall–Kier alpha value is -0.860. The summed E-state index contributed by atoms with van der Waals surface area (Å²) < 4.78 is 5.65. The molecule has 100 valence electrons. The standard InChI is InChI=1S/C16H25NO/c17-13-15(14-7-2-1-3-8-14)9-4-5-10-16-11-6-12-18-16/h1-3,7-8,15-16H,4-6,9-13,17H2. The van der Waals surface area contributed by atoms with E-state index in [1.807, 2.05) is 0 Å². The van der Waals surface area contributed by atoms with Crippen molar-refractivity contribution >= 4 is 0 Å². The Morgan fingerprint density at radius 3 is 2.72 bits per heavy atom. The van der Waals surface area contributed by atoms with E-state index in [0.717, 1.165) is 13.2 Å². The van der Waals surface area contributed by atoms with Crippen molar-refractivity contribution in [1.82, 2.24) is 0 Å². The number of ether oxygens (including phenoxy) is 1. The summed E-state index contributed by atoms with van der Waals surface area (Å²) in [5.74, 6) is 0.524. The lowest BCUT2D eigenvalue weighted by atomic mass is 9.93. The largest absolute Gasteiger partial charge is 0.378 e. The van der Waals surface area contributed by atoms with Gasteiger partial charge in [-0.2, -0.15) is 0 Å². The van der Waals surface area contributed by atoms with Gasteiger partial charge in [-0.05, 0) is 43.7 Å². The summed E-state index contributed by atoms with van der Waals surface area (Å²) in [5.41, 5.74) is 7.27. The summed E-state index contributed by atoms with van der Waals surface area (Å²) in [6, 6.07) is 10.7. The molecule has 1 saturated heterocycles. The van der Waals surface area contributed by atoms with Crippen molar-refractivity contribution in [3.8, 4) is 0 Å². The molecule has 1 heterocycles. The van der Waals surface area contributed by atoms with E-state index in [4.69, 9.17) is 10.5 Å². The van der Waals surface area contributed by atoms with Gasteiger partial charge in [-0.3, -0.25) is 0 Å². The van der Waals surface area contributed by atoms with E-state index in [0.29, 0.717) is 12.0 Å². The van der Waals surface area contributed by atoms with Crippen molar-refractivity contribution in [3.63, 3.8) is 0 Å². The first kappa shape index (κ1) is 13.6. The van der Waals surface area contributed by atoms with Crippen LogP contribution in [0, 0.1) is 0 Å². The fourth-order valence-electron chi connectivity index (χ4n) is 2.78. The van der Waals surface area contributed by atoms with Crippen LogP contribution >= 0.6 is 0 Å². The molecule has 0 radical (unpaired) electrons. The zero-order valence-electron chi connectivity index (χ0n) is 11.2. The van der Waals surface area contributed by atoms with Crippen LogP contribution < -0.4 is 5.73 Å². The van der Waals surface area contributed by atoms with Gasteiger partial charge in [0.15, 0.2) is 0 Å². The molecule has 2 unspecified atom stereocenters. The minimum Gasteiger partial charge on any atom is -0.378 e. The first-order chi connectivity index (χ1) is 8.90. The van der Waals surface area contributed by atoms with Gasteiger partial charge >= 0.3 is 0 Å². The summed E-state index contributed by atoms with van der Waals surface area (Å²) >= 11 is 0. The average Bonchev–Trinajstić information content (AvgIpc) is 2.93. The number of hydrogen-bond donors (Lipinski definition) is 1. The summed E-state index contributed by atoms with van der Waals surface area (Å²) in [4.78, 5) is 0. The second-order valence-corrected chi connectivity index (χ2v) is 5.26. The molecule has 18 heavy (non-hydrogen) atoms. The molecule has 0 amide bonds. The summed E-state index contributed by atoms with van der Waals surface area (Å²) in [6.45, 7) is 1.73. The van der Waals surface area contributed by atoms with Gasteiger partial charge in [0.05, 0.1) is 6.10 Å². The van der Waals surface area contributed by atoms with Crippen molar-refractivity contribution in [2.75, 3.05) is 13.2 Å². The second-order valence-electron chi connectivity index (χ2n) is 5.26. The summed E-state index contributed by atoms with van der Waals surface area (Å²) in [7, 11) is 0. The van der Waals surface area contributed by atoms with Gasteiger partial charge in [0, 0.05) is 6.61 Å². The van der Waals surface area contributed by atoms with E-state index in [-0.39, 0.29) is 0 Å². The quantitative estimate of drug-likeness (QED) is 0.749. The fourth-order valence-corrected chi connectivity index (χ4v) is 2.78. The second kappa shape index (κ2) is 7.55. The minimum atomic E-state index is 0.524. The van der Waals surface area contributed by atoms with Crippen LogP contribution in [-0.4, -0.2) is 19.3 Å². The molecule has 1 aromatic carbocycles. The molecule has 1 fully saturated rings. The normalized spacial score (nSPS) is 21.1. The average molecular weight is 247 g/mol. The molecule has 0 saturated carbocycles. The van der Waals surface area contributed by atoms with Gasteiger partial charge in [-0.1, -0.05) is 43.2 Å². The van der Waals surface area contributed by atoms with E-state index < -0.39 is 0 Å². The predicted molar refractivity (Wildman–Crippen MR) is 75.7 cm³/mol. The topological polar surface area (TPSA) is 35.2 Å². The number of hydrogen-bond acceptors (Lipinski definition) is 2. The molecule has 2 nitrogen and oxygen atoms in total. The highest BCUT2D eigenvalue weighted by Crippen LogP contribution is 2.23. The number of rotatable bonds is 7. The van der Waals surface area contributed by atoms with Crippen molar-refractivity contribution < 1.29 is 4.74 Å². The minimum absolute atomic E-state index is 0.524. The van der Waals surface area contributed by atoms with Crippen LogP contribution in [0.25, 0.3) is 0 Å². The maximum Gasteiger partial charge on any atom is 0.0576 e. The first-order valence-corrected chi connectivity index (χ1v) is 7.26. The van der Waals surface area contributed by atoms with Crippen LogP contribution in [0.3, 0.4) is 0 Å².